The Kier molecular flexibility index (Phi) is 7.10. The lowest BCUT2D eigenvalue weighted by Gasteiger charge is -2.49. The molecular weight excluding hydrogens is 460 g/mol. The highest BCUT2D eigenvalue weighted by Crippen LogP contribution is 2.42. The molecule has 2 unspecified atom stereocenters. The topological polar surface area (TPSA) is 136 Å². The molecule has 10 nitrogen and oxygen atoms in total. The molecule has 2 amide bonds. The van der Waals surface area contributed by atoms with Crippen LogP contribution in [0.2, 0.25) is 0 Å². The fourth-order valence-electron chi connectivity index (χ4n) is 2.99. The predicted molar refractivity (Wildman–Crippen MR) is 113 cm³/mol. The van der Waals surface area contributed by atoms with Crippen LogP contribution in [0.1, 0.15) is 13.8 Å². The second-order valence-corrected chi connectivity index (χ2v) is 12.6. The number of amides is 2. The summed E-state index contributed by atoms with van der Waals surface area (Å²) in [6, 6.07) is -0.915. The predicted octanol–water partition coefficient (Wildman–Crippen LogP) is -0.335. The summed E-state index contributed by atoms with van der Waals surface area (Å²) in [7, 11) is -3.51. The van der Waals surface area contributed by atoms with Gasteiger partial charge >= 0.3 is 5.97 Å². The zero-order chi connectivity index (χ0) is 21.3. The maximum absolute atomic E-state index is 12.6. The van der Waals surface area contributed by atoms with Gasteiger partial charge in [0.2, 0.25) is 5.91 Å². The molecule has 0 aliphatic carbocycles. The Morgan fingerprint density at radius 3 is 2.72 bits per heavy atom. The van der Waals surface area contributed by atoms with Crippen molar-refractivity contribution >= 4 is 63.3 Å². The van der Waals surface area contributed by atoms with Crippen LogP contribution in [-0.4, -0.2) is 86.4 Å². The summed E-state index contributed by atoms with van der Waals surface area (Å²) < 4.78 is 25.2. The molecule has 3 heterocycles. The number of β-lactam (4-membered cyclic amide) rings is 1. The van der Waals surface area contributed by atoms with Crippen molar-refractivity contribution in [3.63, 3.8) is 0 Å². The molecule has 0 spiro atoms. The van der Waals surface area contributed by atoms with Crippen molar-refractivity contribution in [2.75, 3.05) is 29.7 Å². The van der Waals surface area contributed by atoms with E-state index in [4.69, 9.17) is 0 Å². The Balaban J connectivity index is 1.66. The fraction of sp³-hybridized carbons (Fsp3) is 0.667. The first-order valence-electron chi connectivity index (χ1n) is 8.83. The van der Waals surface area contributed by atoms with E-state index < -0.39 is 44.8 Å². The molecule has 2 saturated heterocycles. The molecule has 3 aliphatic heterocycles. The van der Waals surface area contributed by atoms with Crippen molar-refractivity contribution in [2.24, 2.45) is 0 Å². The van der Waals surface area contributed by atoms with Crippen LogP contribution in [0.3, 0.4) is 0 Å². The summed E-state index contributed by atoms with van der Waals surface area (Å²) in [4.78, 5) is 37.6. The highest BCUT2D eigenvalue weighted by molar-refractivity contribution is 8.12. The number of carboxylic acid groups (broad SMARTS) is 1. The number of hydrogen-bond acceptors (Lipinski definition) is 10. The fourth-order valence-corrected chi connectivity index (χ4v) is 7.30. The summed E-state index contributed by atoms with van der Waals surface area (Å²) in [6.45, 7) is 4.16. The Morgan fingerprint density at radius 1 is 1.41 bits per heavy atom. The standard InChI is InChI=1S/C15H22N4O6S4/c1-3-29(24,25)6-10(20)17-11-13(21)19-12(15(22)23)9(4-26-14(11)19)5-27-18-7-16-8(2)28-18/h8,11,14,16H,3-7H2,1-2H3,(H,17,20)(H,22,23)/t8?,11?,14-/m1/s1. The van der Waals surface area contributed by atoms with E-state index in [0.717, 1.165) is 0 Å². The molecule has 0 aromatic rings. The molecule has 162 valence electrons. The van der Waals surface area contributed by atoms with Gasteiger partial charge in [0, 0.05) is 17.3 Å². The van der Waals surface area contributed by atoms with Gasteiger partial charge in [0.25, 0.3) is 5.91 Å². The minimum absolute atomic E-state index is 0.0388. The zero-order valence-electron chi connectivity index (χ0n) is 15.8. The van der Waals surface area contributed by atoms with Crippen molar-refractivity contribution in [3.8, 4) is 0 Å². The number of aliphatic carboxylic acids is 1. The first-order chi connectivity index (χ1) is 13.6. The zero-order valence-corrected chi connectivity index (χ0v) is 19.0. The van der Waals surface area contributed by atoms with E-state index in [9.17, 15) is 27.9 Å². The minimum Gasteiger partial charge on any atom is -0.477 e. The van der Waals surface area contributed by atoms with E-state index in [1.54, 1.807) is 11.9 Å². The Hall–Kier alpha value is -0.930. The van der Waals surface area contributed by atoms with Crippen molar-refractivity contribution < 1.29 is 27.9 Å². The van der Waals surface area contributed by atoms with Gasteiger partial charge in [-0.15, -0.1) is 11.8 Å². The van der Waals surface area contributed by atoms with Crippen molar-refractivity contribution in [1.29, 1.82) is 0 Å². The quantitative estimate of drug-likeness (QED) is 0.310. The van der Waals surface area contributed by atoms with Gasteiger partial charge in [-0.05, 0) is 24.4 Å². The number of carbonyl (C=O) groups excluding carboxylic acids is 2. The molecule has 0 aromatic carbocycles. The lowest BCUT2D eigenvalue weighted by molar-refractivity contribution is -0.150. The van der Waals surface area contributed by atoms with Crippen molar-refractivity contribution in [2.45, 2.75) is 30.6 Å². The average Bonchev–Trinajstić information content (AvgIpc) is 3.08. The summed E-state index contributed by atoms with van der Waals surface area (Å²) in [5.41, 5.74) is 0.610. The molecule has 3 aliphatic rings. The third kappa shape index (κ3) is 5.05. The van der Waals surface area contributed by atoms with E-state index in [1.807, 2.05) is 10.6 Å². The number of carbonyl (C=O) groups is 3. The van der Waals surface area contributed by atoms with Gasteiger partial charge in [-0.25, -0.2) is 13.2 Å². The van der Waals surface area contributed by atoms with Gasteiger partial charge in [-0.3, -0.25) is 19.8 Å². The number of carboxylic acids is 1. The summed E-state index contributed by atoms with van der Waals surface area (Å²) in [5.74, 6) is -2.45. The second-order valence-electron chi connectivity index (χ2n) is 6.60. The van der Waals surface area contributed by atoms with E-state index in [0.29, 0.717) is 29.1 Å². The van der Waals surface area contributed by atoms with Crippen LogP contribution in [0.25, 0.3) is 0 Å². The first-order valence-corrected chi connectivity index (χ1v) is 13.5. The maximum atomic E-state index is 12.6. The van der Waals surface area contributed by atoms with Gasteiger partial charge < -0.3 is 10.4 Å². The van der Waals surface area contributed by atoms with E-state index >= 15 is 0 Å². The lowest BCUT2D eigenvalue weighted by Crippen LogP contribution is -2.71. The normalized spacial score (nSPS) is 27.6. The molecule has 0 aromatic heterocycles. The van der Waals surface area contributed by atoms with Gasteiger partial charge in [-0.2, -0.15) is 3.71 Å². The third-order valence-electron chi connectivity index (χ3n) is 4.52. The third-order valence-corrected chi connectivity index (χ3v) is 9.76. The molecule has 0 radical (unpaired) electrons. The highest BCUT2D eigenvalue weighted by atomic mass is 32.2. The molecule has 3 atom stereocenters. The molecule has 14 heteroatoms. The van der Waals surface area contributed by atoms with Crippen LogP contribution >= 0.6 is 35.7 Å². The monoisotopic (exact) mass is 482 g/mol. The number of sulfone groups is 1. The largest absolute Gasteiger partial charge is 0.477 e. The smallest absolute Gasteiger partial charge is 0.352 e. The van der Waals surface area contributed by atoms with E-state index in [-0.39, 0.29) is 11.4 Å². The van der Waals surface area contributed by atoms with Crippen LogP contribution in [-0.2, 0) is 24.2 Å². The number of hydrogen-bond donors (Lipinski definition) is 3. The van der Waals surface area contributed by atoms with Gasteiger partial charge in [0.1, 0.15) is 22.9 Å². The molecule has 3 rings (SSSR count). The molecule has 3 N–H and O–H groups in total. The van der Waals surface area contributed by atoms with Crippen LogP contribution < -0.4 is 10.6 Å². The van der Waals surface area contributed by atoms with Crippen LogP contribution in [0.4, 0.5) is 0 Å². The number of rotatable bonds is 8. The van der Waals surface area contributed by atoms with Gasteiger partial charge in [0.15, 0.2) is 9.84 Å². The highest BCUT2D eigenvalue weighted by Gasteiger charge is 2.54. The summed E-state index contributed by atoms with van der Waals surface area (Å²) in [5, 5.41) is 15.1. The molecule has 2 fully saturated rings. The number of nitrogens with one attached hydrogen (secondary N) is 2. The lowest BCUT2D eigenvalue weighted by atomic mass is 10.0. The minimum atomic E-state index is -3.51. The van der Waals surface area contributed by atoms with Crippen LogP contribution in [0.15, 0.2) is 11.3 Å². The Bertz CT molecular complexity index is 848. The Labute approximate surface area is 181 Å². The summed E-state index contributed by atoms with van der Waals surface area (Å²) >= 11 is 4.48. The molecular formula is C15H22N4O6S4. The number of fused-ring (bicyclic) bond motifs is 1. The first kappa shape index (κ1) is 22.7. The molecule has 0 bridgehead atoms. The molecule has 29 heavy (non-hydrogen) atoms. The van der Waals surface area contributed by atoms with Gasteiger partial charge in [0.05, 0.1) is 12.0 Å². The van der Waals surface area contributed by atoms with Crippen LogP contribution in [0.5, 0.6) is 0 Å². The average molecular weight is 483 g/mol. The van der Waals surface area contributed by atoms with E-state index in [1.165, 1.54) is 35.5 Å². The van der Waals surface area contributed by atoms with Crippen molar-refractivity contribution in [3.05, 3.63) is 11.3 Å². The van der Waals surface area contributed by atoms with Gasteiger partial charge in [-0.1, -0.05) is 18.9 Å². The summed E-state index contributed by atoms with van der Waals surface area (Å²) in [6.07, 6.45) is 0. The second kappa shape index (κ2) is 9.06. The van der Waals surface area contributed by atoms with Crippen LogP contribution in [0, 0.1) is 0 Å². The number of thioether (sulfide) groups is 1. The maximum Gasteiger partial charge on any atom is 0.352 e. The molecule has 0 saturated carbocycles. The Morgan fingerprint density at radius 2 is 2.14 bits per heavy atom. The SMILES string of the molecule is CCS(=O)(=O)CC(=O)NC1C(=O)N2C(C(=O)O)=C(CSN3CNC(C)S3)CS[C@H]12. The van der Waals surface area contributed by atoms with E-state index in [2.05, 4.69) is 10.6 Å². The number of nitrogens with zero attached hydrogens (tertiary/aromatic N) is 2. The van der Waals surface area contributed by atoms with Crippen molar-refractivity contribution in [1.82, 2.24) is 19.2 Å².